The van der Waals surface area contributed by atoms with Gasteiger partial charge < -0.3 is 14.2 Å². The van der Waals surface area contributed by atoms with E-state index in [0.717, 1.165) is 0 Å². The van der Waals surface area contributed by atoms with E-state index in [-0.39, 0.29) is 6.61 Å². The zero-order valence-corrected chi connectivity index (χ0v) is 13.8. The van der Waals surface area contributed by atoms with Gasteiger partial charge in [0, 0.05) is 10.7 Å². The predicted molar refractivity (Wildman–Crippen MR) is 68.1 cm³/mol. The number of rotatable bonds is 3. The third kappa shape index (κ3) is 3.12. The summed E-state index contributed by atoms with van der Waals surface area (Å²) in [6.07, 6.45) is -3.06. The maximum atomic E-state index is 11.4. The minimum atomic E-state index is -4.28. The smallest absolute Gasteiger partial charge is 0.343 e. The van der Waals surface area contributed by atoms with Gasteiger partial charge in [-0.1, -0.05) is 0 Å². The summed E-state index contributed by atoms with van der Waals surface area (Å²) in [6, 6.07) is 0. The molecule has 0 aromatic carbocycles. The standard InChI is InChI=1S/C9H13ClO10S2/c1-8(2)17-7-6-5(18-22(13,14)19-6)3-15-9(7,20-8)4-16-21(10,11)12/h5-7H,3-4H2,1-2H3/t5-,6-,7+,9+/m1/s1. The molecule has 128 valence electrons. The lowest BCUT2D eigenvalue weighted by Gasteiger charge is -2.39. The summed E-state index contributed by atoms with van der Waals surface area (Å²) < 4.78 is 75.6. The second kappa shape index (κ2) is 4.97. The summed E-state index contributed by atoms with van der Waals surface area (Å²) in [7, 11) is -3.45. The van der Waals surface area contributed by atoms with Crippen molar-refractivity contribution in [2.24, 2.45) is 0 Å². The molecule has 3 aliphatic rings. The molecule has 0 saturated carbocycles. The highest BCUT2D eigenvalue weighted by molar-refractivity contribution is 8.09. The summed E-state index contributed by atoms with van der Waals surface area (Å²) in [4.78, 5) is 0. The first-order valence-electron chi connectivity index (χ1n) is 6.14. The Morgan fingerprint density at radius 2 is 2.00 bits per heavy atom. The van der Waals surface area contributed by atoms with Crippen LogP contribution in [0.15, 0.2) is 0 Å². The Labute approximate surface area is 131 Å². The highest BCUT2D eigenvalue weighted by Gasteiger charge is 2.66. The van der Waals surface area contributed by atoms with Crippen LogP contribution in [0.25, 0.3) is 0 Å². The van der Waals surface area contributed by atoms with Gasteiger partial charge in [-0.2, -0.15) is 16.8 Å². The predicted octanol–water partition coefficient (Wildman–Crippen LogP) is -0.607. The van der Waals surface area contributed by atoms with Crippen LogP contribution in [0.1, 0.15) is 13.8 Å². The second-order valence-corrected chi connectivity index (χ2v) is 8.78. The second-order valence-electron chi connectivity index (χ2n) is 5.42. The largest absolute Gasteiger partial charge is 0.400 e. The first kappa shape index (κ1) is 16.8. The van der Waals surface area contributed by atoms with Crippen LogP contribution in [0, 0.1) is 0 Å². The molecule has 22 heavy (non-hydrogen) atoms. The van der Waals surface area contributed by atoms with Gasteiger partial charge in [0.1, 0.15) is 24.9 Å². The summed E-state index contributed by atoms with van der Waals surface area (Å²) in [5, 5.41) is 0. The van der Waals surface area contributed by atoms with Crippen molar-refractivity contribution in [3.8, 4) is 0 Å². The maximum Gasteiger partial charge on any atom is 0.400 e. The fourth-order valence-electron chi connectivity index (χ4n) is 2.65. The molecule has 10 nitrogen and oxygen atoms in total. The molecular formula is C9H13ClO10S2. The number of hydrogen-bond donors (Lipinski definition) is 0. The van der Waals surface area contributed by atoms with Crippen LogP contribution in [0.5, 0.6) is 0 Å². The minimum absolute atomic E-state index is 0.217. The quantitative estimate of drug-likeness (QED) is 0.585. The van der Waals surface area contributed by atoms with Crippen molar-refractivity contribution in [2.45, 2.75) is 43.7 Å². The molecule has 4 atom stereocenters. The van der Waals surface area contributed by atoms with E-state index in [0.29, 0.717) is 0 Å². The fourth-order valence-corrected chi connectivity index (χ4v) is 4.10. The average Bonchev–Trinajstić information content (AvgIpc) is 2.78. The van der Waals surface area contributed by atoms with Gasteiger partial charge in [0.15, 0.2) is 5.79 Å². The molecule has 3 fully saturated rings. The van der Waals surface area contributed by atoms with Gasteiger partial charge in [-0.15, -0.1) is 0 Å². The normalized spacial score (nSPS) is 42.8. The molecular weight excluding hydrogens is 368 g/mol. The summed E-state index contributed by atoms with van der Waals surface area (Å²) in [5.74, 6) is -2.87. The number of hydrogen-bond acceptors (Lipinski definition) is 10. The van der Waals surface area contributed by atoms with Gasteiger partial charge in [-0.25, -0.2) is 8.37 Å². The van der Waals surface area contributed by atoms with Gasteiger partial charge in [0.2, 0.25) is 5.79 Å². The summed E-state index contributed by atoms with van der Waals surface area (Å²) in [5.41, 5.74) is 0. The zero-order valence-electron chi connectivity index (χ0n) is 11.4. The fraction of sp³-hybridized carbons (Fsp3) is 1.00. The lowest BCUT2D eigenvalue weighted by Crippen LogP contribution is -2.60. The third-order valence-corrected chi connectivity index (χ3v) is 4.90. The summed E-state index contributed by atoms with van der Waals surface area (Å²) in [6.45, 7) is 2.25. The van der Waals surface area contributed by atoms with E-state index in [1.54, 1.807) is 13.8 Å². The Bertz CT molecular complexity index is 673. The Hall–Kier alpha value is -0.0500. The van der Waals surface area contributed by atoms with E-state index >= 15 is 0 Å². The van der Waals surface area contributed by atoms with Crippen molar-refractivity contribution >= 4 is 30.4 Å². The van der Waals surface area contributed by atoms with Crippen LogP contribution in [-0.4, -0.2) is 59.9 Å². The molecule has 13 heteroatoms. The van der Waals surface area contributed by atoms with Crippen molar-refractivity contribution in [1.82, 2.24) is 0 Å². The Morgan fingerprint density at radius 3 is 2.64 bits per heavy atom. The Kier molecular flexibility index (Phi) is 3.80. The topological polar surface area (TPSA) is 124 Å². The number of halogens is 1. The van der Waals surface area contributed by atoms with Gasteiger partial charge in [-0.05, 0) is 13.8 Å². The molecule has 3 heterocycles. The first-order valence-corrected chi connectivity index (χ1v) is 9.71. The Balaban J connectivity index is 1.90. The first-order chi connectivity index (χ1) is 9.92. The van der Waals surface area contributed by atoms with Crippen LogP contribution < -0.4 is 0 Å². The van der Waals surface area contributed by atoms with Gasteiger partial charge in [-0.3, -0.25) is 4.18 Å². The zero-order chi connectivity index (χ0) is 16.4. The van der Waals surface area contributed by atoms with E-state index in [2.05, 4.69) is 4.18 Å². The molecule has 0 bridgehead atoms. The molecule has 0 radical (unpaired) electrons. The number of fused-ring (bicyclic) bond motifs is 3. The van der Waals surface area contributed by atoms with E-state index in [4.69, 9.17) is 33.3 Å². The molecule has 0 amide bonds. The van der Waals surface area contributed by atoms with Gasteiger partial charge >= 0.3 is 19.7 Å². The van der Waals surface area contributed by atoms with Crippen molar-refractivity contribution in [3.05, 3.63) is 0 Å². The van der Waals surface area contributed by atoms with Crippen molar-refractivity contribution < 1.29 is 43.6 Å². The Morgan fingerprint density at radius 1 is 1.32 bits per heavy atom. The van der Waals surface area contributed by atoms with Crippen LogP contribution in [0.4, 0.5) is 0 Å². The molecule has 3 aliphatic heterocycles. The molecule has 0 aromatic rings. The van der Waals surface area contributed by atoms with Crippen molar-refractivity contribution in [3.63, 3.8) is 0 Å². The lowest BCUT2D eigenvalue weighted by molar-refractivity contribution is -0.290. The highest BCUT2D eigenvalue weighted by atomic mass is 35.7. The maximum absolute atomic E-state index is 11.4. The van der Waals surface area contributed by atoms with E-state index in [9.17, 15) is 16.8 Å². The van der Waals surface area contributed by atoms with E-state index in [1.807, 2.05) is 0 Å². The summed E-state index contributed by atoms with van der Waals surface area (Å²) >= 11 is 0. The van der Waals surface area contributed by atoms with Crippen molar-refractivity contribution in [1.29, 1.82) is 0 Å². The van der Waals surface area contributed by atoms with Gasteiger partial charge in [0.25, 0.3) is 0 Å². The lowest BCUT2D eigenvalue weighted by atomic mass is 9.98. The number of ether oxygens (including phenoxy) is 3. The molecule has 0 aliphatic carbocycles. The van der Waals surface area contributed by atoms with Crippen LogP contribution >= 0.6 is 10.7 Å². The average molecular weight is 381 g/mol. The van der Waals surface area contributed by atoms with Crippen molar-refractivity contribution in [2.75, 3.05) is 13.2 Å². The van der Waals surface area contributed by atoms with E-state index in [1.165, 1.54) is 0 Å². The van der Waals surface area contributed by atoms with E-state index < -0.39 is 56.2 Å². The third-order valence-electron chi connectivity index (χ3n) is 3.29. The molecule has 0 spiro atoms. The molecule has 3 rings (SSSR count). The van der Waals surface area contributed by atoms with Crippen LogP contribution in [-0.2, 0) is 46.5 Å². The van der Waals surface area contributed by atoms with Crippen LogP contribution in [0.2, 0.25) is 0 Å². The molecule has 0 N–H and O–H groups in total. The molecule has 0 unspecified atom stereocenters. The van der Waals surface area contributed by atoms with Crippen LogP contribution in [0.3, 0.4) is 0 Å². The highest BCUT2D eigenvalue weighted by Crippen LogP contribution is 2.46. The minimum Gasteiger partial charge on any atom is -0.343 e. The molecule has 3 saturated heterocycles. The molecule has 0 aromatic heterocycles. The monoisotopic (exact) mass is 380 g/mol. The van der Waals surface area contributed by atoms with Gasteiger partial charge in [0.05, 0.1) is 6.61 Å². The SMILES string of the molecule is CC1(C)O[C@H]2[C@@H]3OS(=O)(=O)O[C@@H]3CO[C@@]2(COS(=O)(=O)Cl)O1.